The molecule has 7 nitrogen and oxygen atoms in total. The van der Waals surface area contributed by atoms with Crippen LogP contribution < -0.4 is 10.1 Å². The van der Waals surface area contributed by atoms with E-state index in [1.165, 1.54) is 0 Å². The third-order valence-electron chi connectivity index (χ3n) is 4.24. The number of benzene rings is 1. The molecule has 1 aromatic carbocycles. The highest BCUT2D eigenvalue weighted by Gasteiger charge is 2.12. The van der Waals surface area contributed by atoms with Crippen LogP contribution in [-0.4, -0.2) is 32.8 Å². The highest BCUT2D eigenvalue weighted by Crippen LogP contribution is 2.17. The van der Waals surface area contributed by atoms with E-state index >= 15 is 0 Å². The van der Waals surface area contributed by atoms with Crippen LogP contribution in [-0.2, 0) is 17.8 Å². The molecular weight excluding hydrogens is 318 g/mol. The van der Waals surface area contributed by atoms with E-state index in [4.69, 9.17) is 4.74 Å². The van der Waals surface area contributed by atoms with Gasteiger partial charge in [-0.2, -0.15) is 5.10 Å². The maximum atomic E-state index is 12.2. The van der Waals surface area contributed by atoms with Crippen molar-refractivity contribution in [1.29, 1.82) is 0 Å². The van der Waals surface area contributed by atoms with E-state index in [1.54, 1.807) is 18.0 Å². The number of fused-ring (bicyclic) bond motifs is 1. The number of ether oxygens (including phenoxy) is 1. The summed E-state index contributed by atoms with van der Waals surface area (Å²) < 4.78 is 6.85. The highest BCUT2D eigenvalue weighted by atomic mass is 16.5. The lowest BCUT2D eigenvalue weighted by molar-refractivity contribution is -0.121. The van der Waals surface area contributed by atoms with Gasteiger partial charge in [0.1, 0.15) is 12.1 Å². The predicted octanol–water partition coefficient (Wildman–Crippen LogP) is 2.00. The van der Waals surface area contributed by atoms with Crippen molar-refractivity contribution in [2.24, 2.45) is 0 Å². The average Bonchev–Trinajstić information content (AvgIpc) is 3.08. The molecule has 2 heterocycles. The second-order valence-corrected chi connectivity index (χ2v) is 5.92. The number of rotatable bonds is 6. The summed E-state index contributed by atoms with van der Waals surface area (Å²) in [7, 11) is 1.63. The van der Waals surface area contributed by atoms with Crippen LogP contribution >= 0.6 is 0 Å². The van der Waals surface area contributed by atoms with Gasteiger partial charge in [-0.25, -0.2) is 4.52 Å². The Morgan fingerprint density at radius 3 is 2.96 bits per heavy atom. The first-order chi connectivity index (χ1) is 12.1. The van der Waals surface area contributed by atoms with Crippen LogP contribution in [0, 0.1) is 13.8 Å². The van der Waals surface area contributed by atoms with Crippen LogP contribution in [0.3, 0.4) is 0 Å². The van der Waals surface area contributed by atoms with E-state index in [0.717, 1.165) is 33.8 Å². The molecule has 0 saturated carbocycles. The van der Waals surface area contributed by atoms with Gasteiger partial charge in [0, 0.05) is 18.5 Å². The Morgan fingerprint density at radius 2 is 2.16 bits per heavy atom. The van der Waals surface area contributed by atoms with Crippen molar-refractivity contribution in [1.82, 2.24) is 25.1 Å². The van der Waals surface area contributed by atoms with Crippen LogP contribution in [0.5, 0.6) is 5.75 Å². The Morgan fingerprint density at radius 1 is 1.32 bits per heavy atom. The van der Waals surface area contributed by atoms with Crippen LogP contribution in [0.1, 0.15) is 28.8 Å². The number of aryl methyl sites for hydroxylation is 2. The molecule has 0 bridgehead atoms. The van der Waals surface area contributed by atoms with Crippen molar-refractivity contribution >= 4 is 11.6 Å². The summed E-state index contributed by atoms with van der Waals surface area (Å²) in [5, 5.41) is 15.3. The number of hydrogen-bond donors (Lipinski definition) is 1. The fraction of sp³-hybridized carbons (Fsp3) is 0.333. The Kier molecular flexibility index (Phi) is 4.92. The first-order valence-electron chi connectivity index (χ1n) is 8.14. The van der Waals surface area contributed by atoms with Gasteiger partial charge >= 0.3 is 0 Å². The SMILES string of the molecule is COc1cccc(CNC(=O)CCc2c(C)nn3cnnc3c2C)c1. The number of amides is 1. The van der Waals surface area contributed by atoms with Crippen LogP contribution in [0.2, 0.25) is 0 Å². The van der Waals surface area contributed by atoms with Crippen molar-refractivity contribution < 1.29 is 9.53 Å². The van der Waals surface area contributed by atoms with Gasteiger partial charge in [-0.3, -0.25) is 4.79 Å². The number of nitrogens with zero attached hydrogens (tertiary/aromatic N) is 4. The molecule has 7 heteroatoms. The van der Waals surface area contributed by atoms with Crippen LogP contribution in [0.15, 0.2) is 30.6 Å². The molecule has 0 saturated heterocycles. The zero-order valence-corrected chi connectivity index (χ0v) is 14.6. The molecule has 0 radical (unpaired) electrons. The van der Waals surface area contributed by atoms with Gasteiger partial charge in [0.05, 0.1) is 12.8 Å². The van der Waals surface area contributed by atoms with Gasteiger partial charge in [-0.15, -0.1) is 10.2 Å². The van der Waals surface area contributed by atoms with Crippen molar-refractivity contribution in [3.05, 3.63) is 53.0 Å². The summed E-state index contributed by atoms with van der Waals surface area (Å²) in [6, 6.07) is 7.66. The quantitative estimate of drug-likeness (QED) is 0.743. The standard InChI is InChI=1S/C18H21N5O2/c1-12-16(13(2)22-23-11-20-21-18(12)23)7-8-17(24)19-10-14-5-4-6-15(9-14)25-3/h4-6,9,11H,7-8,10H2,1-3H3,(H,19,24). The molecule has 0 aliphatic rings. The molecule has 130 valence electrons. The lowest BCUT2D eigenvalue weighted by atomic mass is 10.0. The summed E-state index contributed by atoms with van der Waals surface area (Å²) >= 11 is 0. The summed E-state index contributed by atoms with van der Waals surface area (Å²) in [6.45, 7) is 4.41. The maximum absolute atomic E-state index is 12.2. The van der Waals surface area contributed by atoms with Crippen LogP contribution in [0.25, 0.3) is 5.65 Å². The second-order valence-electron chi connectivity index (χ2n) is 5.92. The first-order valence-corrected chi connectivity index (χ1v) is 8.14. The molecule has 0 unspecified atom stereocenters. The van der Waals surface area contributed by atoms with E-state index in [2.05, 4.69) is 20.6 Å². The molecule has 0 aliphatic carbocycles. The van der Waals surface area contributed by atoms with Crippen molar-refractivity contribution in [2.75, 3.05) is 7.11 Å². The molecule has 0 aliphatic heterocycles. The lowest BCUT2D eigenvalue weighted by Crippen LogP contribution is -2.23. The number of methoxy groups -OCH3 is 1. The molecular formula is C18H21N5O2. The first kappa shape index (κ1) is 16.9. The summed E-state index contributed by atoms with van der Waals surface area (Å²) in [6.07, 6.45) is 2.61. The van der Waals surface area contributed by atoms with E-state index in [0.29, 0.717) is 19.4 Å². The van der Waals surface area contributed by atoms with Gasteiger partial charge in [0.15, 0.2) is 5.65 Å². The van der Waals surface area contributed by atoms with E-state index in [1.807, 2.05) is 38.1 Å². The average molecular weight is 339 g/mol. The third-order valence-corrected chi connectivity index (χ3v) is 4.24. The lowest BCUT2D eigenvalue weighted by Gasteiger charge is -2.10. The zero-order valence-electron chi connectivity index (χ0n) is 14.6. The van der Waals surface area contributed by atoms with Crippen molar-refractivity contribution in [3.8, 4) is 5.75 Å². The van der Waals surface area contributed by atoms with Crippen LogP contribution in [0.4, 0.5) is 0 Å². The smallest absolute Gasteiger partial charge is 0.220 e. The summed E-state index contributed by atoms with van der Waals surface area (Å²) in [5.41, 5.74) is 4.71. The summed E-state index contributed by atoms with van der Waals surface area (Å²) in [5.74, 6) is 0.786. The summed E-state index contributed by atoms with van der Waals surface area (Å²) in [4.78, 5) is 12.2. The predicted molar refractivity (Wildman–Crippen MR) is 93.4 cm³/mol. The minimum absolute atomic E-state index is 0.00274. The Hall–Kier alpha value is -2.96. The fourth-order valence-corrected chi connectivity index (χ4v) is 2.86. The molecule has 0 fully saturated rings. The molecule has 3 rings (SSSR count). The molecule has 0 atom stereocenters. The molecule has 25 heavy (non-hydrogen) atoms. The van der Waals surface area contributed by atoms with Crippen molar-refractivity contribution in [3.63, 3.8) is 0 Å². The second kappa shape index (κ2) is 7.29. The normalized spacial score (nSPS) is 10.8. The number of aromatic nitrogens is 4. The van der Waals surface area contributed by atoms with Crippen molar-refractivity contribution in [2.45, 2.75) is 33.2 Å². The van der Waals surface area contributed by atoms with E-state index < -0.39 is 0 Å². The number of carbonyl (C=O) groups excluding carboxylic acids is 1. The topological polar surface area (TPSA) is 81.4 Å². The fourth-order valence-electron chi connectivity index (χ4n) is 2.86. The monoisotopic (exact) mass is 339 g/mol. The van der Waals surface area contributed by atoms with Gasteiger partial charge in [-0.05, 0) is 43.5 Å². The minimum Gasteiger partial charge on any atom is -0.497 e. The van der Waals surface area contributed by atoms with Gasteiger partial charge < -0.3 is 10.1 Å². The van der Waals surface area contributed by atoms with E-state index in [9.17, 15) is 4.79 Å². The molecule has 2 aromatic heterocycles. The number of hydrogen-bond acceptors (Lipinski definition) is 5. The molecule has 1 N–H and O–H groups in total. The van der Waals surface area contributed by atoms with Gasteiger partial charge in [0.2, 0.25) is 5.91 Å². The zero-order chi connectivity index (χ0) is 17.8. The van der Waals surface area contributed by atoms with Gasteiger partial charge in [0.25, 0.3) is 0 Å². The van der Waals surface area contributed by atoms with E-state index in [-0.39, 0.29) is 5.91 Å². The highest BCUT2D eigenvalue weighted by molar-refractivity contribution is 5.76. The molecule has 3 aromatic rings. The third kappa shape index (κ3) is 3.76. The number of nitrogens with one attached hydrogen (secondary N) is 1. The Balaban J connectivity index is 1.60. The Labute approximate surface area is 146 Å². The maximum Gasteiger partial charge on any atom is 0.220 e. The number of carbonyl (C=O) groups is 1. The minimum atomic E-state index is 0.00274. The Bertz CT molecular complexity index is 904. The molecule has 1 amide bonds. The largest absolute Gasteiger partial charge is 0.497 e. The van der Waals surface area contributed by atoms with Gasteiger partial charge in [-0.1, -0.05) is 12.1 Å². The molecule has 0 spiro atoms.